The largest absolute Gasteiger partial charge is 0.480 e. The molecule has 4 nitrogen and oxygen atoms in total. The first-order valence-corrected chi connectivity index (χ1v) is 9.26. The summed E-state index contributed by atoms with van der Waals surface area (Å²) in [6.45, 7) is -0.255. The Balaban J connectivity index is 1.84. The maximum Gasteiger partial charge on any atom is 0.323 e. The predicted molar refractivity (Wildman–Crippen MR) is 109 cm³/mol. The number of hydrogen-bond donors (Lipinski definition) is 1. The highest BCUT2D eigenvalue weighted by molar-refractivity contribution is 8.27. The monoisotopic (exact) mass is 429 g/mol. The molecule has 1 fully saturated rings. The molecule has 0 atom stereocenters. The molecular weight excluding hydrogens is 421 g/mol. The zero-order valence-electron chi connectivity index (χ0n) is 12.4. The van der Waals surface area contributed by atoms with Crippen LogP contribution in [0, 0.1) is 0 Å². The van der Waals surface area contributed by atoms with Gasteiger partial charge in [-0.15, -0.1) is 0 Å². The number of carboxylic acids is 1. The Bertz CT molecular complexity index is 923. The van der Waals surface area contributed by atoms with E-state index >= 15 is 0 Å². The van der Waals surface area contributed by atoms with Crippen molar-refractivity contribution in [2.75, 3.05) is 6.54 Å². The van der Waals surface area contributed by atoms with Gasteiger partial charge in [0.2, 0.25) is 0 Å². The molecule has 0 unspecified atom stereocenters. The molecule has 1 aromatic heterocycles. The number of carboxylic acid groups (broad SMARTS) is 1. The van der Waals surface area contributed by atoms with Crippen molar-refractivity contribution >= 4 is 80.8 Å². The van der Waals surface area contributed by atoms with Gasteiger partial charge < -0.3 is 14.4 Å². The molecule has 2 heterocycles. The summed E-state index contributed by atoms with van der Waals surface area (Å²) in [5.74, 6) is 0.210. The van der Waals surface area contributed by atoms with Crippen molar-refractivity contribution in [2.24, 2.45) is 0 Å². The summed E-state index contributed by atoms with van der Waals surface area (Å²) in [6, 6.07) is 8.82. The Morgan fingerprint density at radius 1 is 1.24 bits per heavy atom. The van der Waals surface area contributed by atoms with Crippen molar-refractivity contribution in [3.8, 4) is 11.3 Å². The molecule has 0 bridgehead atoms. The van der Waals surface area contributed by atoms with Crippen molar-refractivity contribution in [1.82, 2.24) is 4.90 Å². The molecule has 0 spiro atoms. The number of thioether (sulfide) groups is 1. The second-order valence-electron chi connectivity index (χ2n) is 4.99. The minimum Gasteiger partial charge on any atom is -0.480 e. The molecule has 3 rings (SSSR count). The fraction of sp³-hybridized carbons (Fsp3) is 0.0625. The van der Waals surface area contributed by atoms with E-state index in [1.165, 1.54) is 16.7 Å². The fourth-order valence-corrected chi connectivity index (χ4v) is 4.14. The van der Waals surface area contributed by atoms with E-state index in [1.54, 1.807) is 24.3 Å². The smallest absolute Gasteiger partial charge is 0.323 e. The van der Waals surface area contributed by atoms with Gasteiger partial charge in [-0.3, -0.25) is 4.79 Å². The lowest BCUT2D eigenvalue weighted by Crippen LogP contribution is -2.32. The average molecular weight is 430 g/mol. The van der Waals surface area contributed by atoms with Crippen molar-refractivity contribution in [2.45, 2.75) is 0 Å². The standard InChI is InChI=1S/C16H9Cl2NO3S3/c17-10-3-1-8(5-11(10)18)12-4-2-9(22-12)6-13-15(23)19(7-14(20)21)16(24)25-13/h1-6H,7H2,(H,20,21). The van der Waals surface area contributed by atoms with E-state index in [2.05, 4.69) is 0 Å². The molecule has 0 radical (unpaired) electrons. The first-order valence-electron chi connectivity index (χ1n) is 6.87. The molecule has 1 aliphatic heterocycles. The third-order valence-corrected chi connectivity index (χ3v) is 5.98. The number of halogens is 2. The van der Waals surface area contributed by atoms with Crippen molar-refractivity contribution in [1.29, 1.82) is 0 Å². The highest BCUT2D eigenvalue weighted by atomic mass is 35.5. The van der Waals surface area contributed by atoms with Crippen LogP contribution in [0.1, 0.15) is 5.76 Å². The van der Waals surface area contributed by atoms with Crippen LogP contribution in [-0.2, 0) is 4.79 Å². The van der Waals surface area contributed by atoms with Crippen molar-refractivity contribution in [3.05, 3.63) is 51.0 Å². The van der Waals surface area contributed by atoms with E-state index in [-0.39, 0.29) is 6.54 Å². The number of furan rings is 1. The average Bonchev–Trinajstić information content (AvgIpc) is 3.11. The lowest BCUT2D eigenvalue weighted by Gasteiger charge is -2.12. The molecule has 0 saturated carbocycles. The Morgan fingerprint density at radius 2 is 2.00 bits per heavy atom. The number of thiocarbonyl (C=S) groups is 2. The number of aliphatic carboxylic acids is 1. The van der Waals surface area contributed by atoms with Gasteiger partial charge in [0, 0.05) is 5.56 Å². The van der Waals surface area contributed by atoms with Crippen molar-refractivity contribution < 1.29 is 14.3 Å². The third-order valence-electron chi connectivity index (χ3n) is 3.27. The number of benzene rings is 1. The zero-order chi connectivity index (χ0) is 18.1. The minimum atomic E-state index is -0.994. The minimum absolute atomic E-state index is 0.255. The van der Waals surface area contributed by atoms with Gasteiger partial charge in [0.1, 0.15) is 27.4 Å². The molecular formula is C16H9Cl2NO3S3. The van der Waals surface area contributed by atoms with E-state index in [1.807, 2.05) is 12.1 Å². The van der Waals surface area contributed by atoms with Crippen LogP contribution in [0.15, 0.2) is 39.7 Å². The molecule has 1 aromatic carbocycles. The molecule has 1 saturated heterocycles. The maximum atomic E-state index is 10.9. The summed E-state index contributed by atoms with van der Waals surface area (Å²) in [4.78, 5) is 13.4. The van der Waals surface area contributed by atoms with E-state index in [9.17, 15) is 4.79 Å². The van der Waals surface area contributed by atoms with Crippen LogP contribution < -0.4 is 0 Å². The van der Waals surface area contributed by atoms with Gasteiger partial charge in [-0.1, -0.05) is 59.4 Å². The number of hydrogen-bond acceptors (Lipinski definition) is 5. The first-order chi connectivity index (χ1) is 11.8. The van der Waals surface area contributed by atoms with Crippen molar-refractivity contribution in [3.63, 3.8) is 0 Å². The Kier molecular flexibility index (Phi) is 5.50. The lowest BCUT2D eigenvalue weighted by atomic mass is 10.2. The SMILES string of the molecule is O=C(O)CN1C(=S)SC(=Cc2ccc(-c3ccc(Cl)c(Cl)c3)o2)C1=S. The van der Waals surface area contributed by atoms with Crippen LogP contribution in [0.5, 0.6) is 0 Å². The second kappa shape index (κ2) is 7.47. The Labute approximate surface area is 168 Å². The third kappa shape index (κ3) is 4.07. The van der Waals surface area contributed by atoms with Gasteiger partial charge in [-0.25, -0.2) is 0 Å². The number of rotatable bonds is 4. The summed E-state index contributed by atoms with van der Waals surface area (Å²) in [5.41, 5.74) is 0.795. The molecule has 2 aromatic rings. The molecule has 128 valence electrons. The van der Waals surface area contributed by atoms with E-state index in [4.69, 9.17) is 57.2 Å². The highest BCUT2D eigenvalue weighted by Gasteiger charge is 2.30. The molecule has 1 N–H and O–H groups in total. The summed E-state index contributed by atoms with van der Waals surface area (Å²) in [7, 11) is 0. The van der Waals surface area contributed by atoms with Crippen LogP contribution in [0.25, 0.3) is 17.4 Å². The summed E-state index contributed by atoms with van der Waals surface area (Å²) in [5, 5.41) is 9.84. The molecule has 9 heteroatoms. The van der Waals surface area contributed by atoms with Crippen LogP contribution >= 0.6 is 59.4 Å². The van der Waals surface area contributed by atoms with Gasteiger partial charge in [-0.05, 0) is 36.4 Å². The molecule has 25 heavy (non-hydrogen) atoms. The highest BCUT2D eigenvalue weighted by Crippen LogP contribution is 2.35. The molecule has 0 aliphatic carbocycles. The normalized spacial score (nSPS) is 16.1. The second-order valence-corrected chi connectivity index (χ2v) is 7.87. The summed E-state index contributed by atoms with van der Waals surface area (Å²) < 4.78 is 6.21. The molecule has 1 aliphatic rings. The summed E-state index contributed by atoms with van der Waals surface area (Å²) >= 11 is 23.7. The Morgan fingerprint density at radius 3 is 2.68 bits per heavy atom. The molecule has 0 amide bonds. The Hall–Kier alpha value is -1.38. The zero-order valence-corrected chi connectivity index (χ0v) is 16.3. The maximum absolute atomic E-state index is 10.9. The van der Waals surface area contributed by atoms with Gasteiger partial charge in [0.05, 0.1) is 15.0 Å². The lowest BCUT2D eigenvalue weighted by molar-refractivity contribution is -0.136. The number of nitrogens with zero attached hydrogens (tertiary/aromatic N) is 1. The van der Waals surface area contributed by atoms with Crippen LogP contribution in [0.2, 0.25) is 10.0 Å². The quantitative estimate of drug-likeness (QED) is 0.519. The van der Waals surface area contributed by atoms with Gasteiger partial charge in [-0.2, -0.15) is 0 Å². The van der Waals surface area contributed by atoms with E-state index in [0.29, 0.717) is 35.8 Å². The topological polar surface area (TPSA) is 53.7 Å². The van der Waals surface area contributed by atoms with Gasteiger partial charge >= 0.3 is 5.97 Å². The van der Waals surface area contributed by atoms with Gasteiger partial charge in [0.15, 0.2) is 0 Å². The fourth-order valence-electron chi connectivity index (χ4n) is 2.14. The predicted octanol–water partition coefficient (Wildman–Crippen LogP) is 5.34. The van der Waals surface area contributed by atoms with Crippen LogP contribution in [0.4, 0.5) is 0 Å². The first kappa shape index (κ1) is 18.4. The van der Waals surface area contributed by atoms with Crippen LogP contribution in [-0.4, -0.2) is 31.8 Å². The summed E-state index contributed by atoms with van der Waals surface area (Å²) in [6.07, 6.45) is 1.74. The number of carbonyl (C=O) groups is 1. The van der Waals surface area contributed by atoms with E-state index < -0.39 is 5.97 Å². The van der Waals surface area contributed by atoms with Crippen LogP contribution in [0.3, 0.4) is 0 Å². The van der Waals surface area contributed by atoms with Gasteiger partial charge in [0.25, 0.3) is 0 Å². The van der Waals surface area contributed by atoms with E-state index in [0.717, 1.165) is 5.56 Å².